The van der Waals surface area contributed by atoms with E-state index < -0.39 is 0 Å². The van der Waals surface area contributed by atoms with Crippen molar-refractivity contribution < 1.29 is 4.74 Å². The lowest BCUT2D eigenvalue weighted by Crippen LogP contribution is -2.49. The van der Waals surface area contributed by atoms with Crippen molar-refractivity contribution in [2.24, 2.45) is 17.3 Å². The van der Waals surface area contributed by atoms with Crippen molar-refractivity contribution >= 4 is 0 Å². The fraction of sp³-hybridized carbons (Fsp3) is 0.556. The second-order valence-electron chi connectivity index (χ2n) is 9.95. The van der Waals surface area contributed by atoms with Crippen LogP contribution in [0.4, 0.5) is 0 Å². The first-order chi connectivity index (χ1) is 14.1. The molecule has 6 atom stereocenters. The predicted molar refractivity (Wildman–Crippen MR) is 119 cm³/mol. The summed E-state index contributed by atoms with van der Waals surface area (Å²) in [6.45, 7) is 4.93. The van der Waals surface area contributed by atoms with Gasteiger partial charge in [-0.15, -0.1) is 0 Å². The summed E-state index contributed by atoms with van der Waals surface area (Å²) in [6.07, 6.45) is 7.99. The first-order valence-electron chi connectivity index (χ1n) is 11.6. The lowest BCUT2D eigenvalue weighted by molar-refractivity contribution is 0.0388. The van der Waals surface area contributed by atoms with Gasteiger partial charge < -0.3 is 10.1 Å². The summed E-state index contributed by atoms with van der Waals surface area (Å²) in [5.41, 5.74) is 5.01. The molecular formula is C27H35NO. The summed E-state index contributed by atoms with van der Waals surface area (Å²) in [7, 11) is 1.78. The molecule has 0 heterocycles. The molecule has 3 aliphatic carbocycles. The Hall–Kier alpha value is -1.80. The quantitative estimate of drug-likeness (QED) is 0.665. The van der Waals surface area contributed by atoms with E-state index in [4.69, 9.17) is 4.74 Å². The molecule has 0 amide bonds. The van der Waals surface area contributed by atoms with E-state index in [0.717, 1.165) is 23.5 Å². The highest BCUT2D eigenvalue weighted by Crippen LogP contribution is 2.61. The van der Waals surface area contributed by atoms with Crippen molar-refractivity contribution in [2.45, 2.75) is 70.4 Å². The number of rotatable bonds is 4. The lowest BCUT2D eigenvalue weighted by Gasteiger charge is -2.51. The molecule has 2 aromatic rings. The second-order valence-corrected chi connectivity index (χ2v) is 9.95. The normalized spacial score (nSPS) is 34.0. The van der Waals surface area contributed by atoms with Crippen molar-refractivity contribution in [2.75, 3.05) is 7.11 Å². The van der Waals surface area contributed by atoms with E-state index in [-0.39, 0.29) is 0 Å². The van der Waals surface area contributed by atoms with Gasteiger partial charge >= 0.3 is 0 Å². The molecule has 2 fully saturated rings. The van der Waals surface area contributed by atoms with E-state index in [1.807, 2.05) is 0 Å². The molecule has 2 heteroatoms. The van der Waals surface area contributed by atoms with Crippen LogP contribution in [-0.2, 0) is 6.42 Å². The number of aryl methyl sites for hydroxylation is 1. The largest absolute Gasteiger partial charge is 0.497 e. The van der Waals surface area contributed by atoms with Gasteiger partial charge in [-0.3, -0.25) is 0 Å². The minimum absolute atomic E-state index is 0.425. The van der Waals surface area contributed by atoms with Crippen LogP contribution < -0.4 is 10.1 Å². The Morgan fingerprint density at radius 1 is 1.03 bits per heavy atom. The van der Waals surface area contributed by atoms with Crippen LogP contribution in [0.2, 0.25) is 0 Å². The predicted octanol–water partition coefficient (Wildman–Crippen LogP) is 6.27. The maximum absolute atomic E-state index is 5.48. The van der Waals surface area contributed by atoms with Gasteiger partial charge in [0, 0.05) is 12.1 Å². The van der Waals surface area contributed by atoms with Gasteiger partial charge in [0.1, 0.15) is 5.75 Å². The molecule has 0 saturated heterocycles. The molecule has 0 aromatic heterocycles. The maximum Gasteiger partial charge on any atom is 0.119 e. The topological polar surface area (TPSA) is 21.3 Å². The van der Waals surface area contributed by atoms with Crippen LogP contribution in [0.1, 0.15) is 74.6 Å². The number of methoxy groups -OCH3 is 1. The molecule has 154 valence electrons. The maximum atomic E-state index is 5.48. The molecule has 2 unspecified atom stereocenters. The van der Waals surface area contributed by atoms with Gasteiger partial charge in [0.2, 0.25) is 0 Å². The highest BCUT2D eigenvalue weighted by molar-refractivity contribution is 5.40. The van der Waals surface area contributed by atoms with Gasteiger partial charge in [0.05, 0.1) is 7.11 Å². The average molecular weight is 390 g/mol. The van der Waals surface area contributed by atoms with Crippen LogP contribution in [0.25, 0.3) is 0 Å². The number of nitrogens with one attached hydrogen (secondary N) is 1. The third-order valence-corrected chi connectivity index (χ3v) is 8.68. The first kappa shape index (κ1) is 19.2. The van der Waals surface area contributed by atoms with Gasteiger partial charge in [-0.2, -0.15) is 0 Å². The molecule has 29 heavy (non-hydrogen) atoms. The van der Waals surface area contributed by atoms with Crippen LogP contribution in [-0.4, -0.2) is 13.2 Å². The van der Waals surface area contributed by atoms with Crippen LogP contribution in [0.5, 0.6) is 5.75 Å². The van der Waals surface area contributed by atoms with Crippen LogP contribution in [0, 0.1) is 17.3 Å². The Balaban J connectivity index is 1.35. The zero-order valence-corrected chi connectivity index (χ0v) is 18.2. The van der Waals surface area contributed by atoms with Crippen LogP contribution in [0.15, 0.2) is 48.5 Å². The van der Waals surface area contributed by atoms with E-state index >= 15 is 0 Å². The molecule has 5 rings (SSSR count). The van der Waals surface area contributed by atoms with E-state index in [2.05, 4.69) is 67.7 Å². The van der Waals surface area contributed by atoms with E-state index in [0.29, 0.717) is 17.5 Å². The summed E-state index contributed by atoms with van der Waals surface area (Å²) in [6, 6.07) is 18.9. The fourth-order valence-electron chi connectivity index (χ4n) is 7.10. The fourth-order valence-corrected chi connectivity index (χ4v) is 7.10. The van der Waals surface area contributed by atoms with Crippen molar-refractivity contribution in [1.29, 1.82) is 0 Å². The summed E-state index contributed by atoms with van der Waals surface area (Å²) >= 11 is 0. The Bertz CT molecular complexity index is 862. The summed E-state index contributed by atoms with van der Waals surface area (Å²) in [5.74, 6) is 3.49. The molecule has 0 spiro atoms. The molecule has 0 radical (unpaired) electrons. The number of fused-ring (bicyclic) bond motifs is 5. The molecule has 2 saturated carbocycles. The number of hydrogen-bond acceptors (Lipinski definition) is 2. The molecule has 0 aliphatic heterocycles. The van der Waals surface area contributed by atoms with Gasteiger partial charge in [0.25, 0.3) is 0 Å². The molecule has 2 nitrogen and oxygen atoms in total. The minimum atomic E-state index is 0.425. The van der Waals surface area contributed by atoms with Crippen LogP contribution >= 0.6 is 0 Å². The molecule has 0 bridgehead atoms. The van der Waals surface area contributed by atoms with Crippen molar-refractivity contribution in [3.8, 4) is 5.75 Å². The molecule has 1 N–H and O–H groups in total. The van der Waals surface area contributed by atoms with Crippen molar-refractivity contribution in [3.63, 3.8) is 0 Å². The summed E-state index contributed by atoms with van der Waals surface area (Å²) in [4.78, 5) is 0. The monoisotopic (exact) mass is 389 g/mol. The van der Waals surface area contributed by atoms with Gasteiger partial charge in [-0.05, 0) is 97.4 Å². The Kier molecular flexibility index (Phi) is 4.94. The SMILES string of the molecule is COc1ccc2c(c1)CC[C@@H]1[C@@H]2CC[C@]2(C)C(NC(C)c3ccccc3)CC[C@@H]12. The zero-order chi connectivity index (χ0) is 20.0. The second kappa shape index (κ2) is 7.47. The van der Waals surface area contributed by atoms with Crippen molar-refractivity contribution in [1.82, 2.24) is 5.32 Å². The Labute approximate surface area is 176 Å². The highest BCUT2D eigenvalue weighted by atomic mass is 16.5. The third kappa shape index (κ3) is 3.20. The zero-order valence-electron chi connectivity index (χ0n) is 18.2. The smallest absolute Gasteiger partial charge is 0.119 e. The third-order valence-electron chi connectivity index (χ3n) is 8.68. The number of hydrogen-bond donors (Lipinski definition) is 1. The molecular weight excluding hydrogens is 354 g/mol. The van der Waals surface area contributed by atoms with E-state index in [9.17, 15) is 0 Å². The molecule has 2 aromatic carbocycles. The van der Waals surface area contributed by atoms with E-state index in [1.165, 1.54) is 44.1 Å². The Morgan fingerprint density at radius 2 is 1.86 bits per heavy atom. The summed E-state index contributed by atoms with van der Waals surface area (Å²) < 4.78 is 5.48. The Morgan fingerprint density at radius 3 is 2.66 bits per heavy atom. The molecule has 3 aliphatic rings. The van der Waals surface area contributed by atoms with Gasteiger partial charge in [-0.25, -0.2) is 0 Å². The lowest BCUT2D eigenvalue weighted by atomic mass is 9.55. The van der Waals surface area contributed by atoms with Gasteiger partial charge in [-0.1, -0.05) is 43.3 Å². The average Bonchev–Trinajstić information content (AvgIpc) is 3.09. The van der Waals surface area contributed by atoms with Crippen molar-refractivity contribution in [3.05, 3.63) is 65.2 Å². The van der Waals surface area contributed by atoms with Gasteiger partial charge in [0.15, 0.2) is 0 Å². The minimum Gasteiger partial charge on any atom is -0.497 e. The van der Waals surface area contributed by atoms with Crippen LogP contribution in [0.3, 0.4) is 0 Å². The standard InChI is InChI=1S/C27H35NO/c1-18(19-7-5-4-6-8-19)28-26-14-13-25-24-11-9-20-17-21(29-3)10-12-22(20)23(24)15-16-27(25,26)2/h4-8,10,12,17-18,23-26,28H,9,11,13-16H2,1-3H3/t18?,23-,24-,25+,26?,27+/m1/s1. The summed E-state index contributed by atoms with van der Waals surface area (Å²) in [5, 5.41) is 4.05. The van der Waals surface area contributed by atoms with E-state index in [1.54, 1.807) is 18.2 Å². The number of ether oxygens (including phenoxy) is 1. The number of benzene rings is 2. The highest BCUT2D eigenvalue weighted by Gasteiger charge is 2.54. The first-order valence-corrected chi connectivity index (χ1v) is 11.6.